The fraction of sp³-hybridized carbons (Fsp3) is 0.222. The van der Waals surface area contributed by atoms with Gasteiger partial charge in [-0.1, -0.05) is 12.1 Å². The van der Waals surface area contributed by atoms with E-state index in [9.17, 15) is 22.8 Å². The summed E-state index contributed by atoms with van der Waals surface area (Å²) in [6.45, 7) is 1.83. The second-order valence-corrected chi connectivity index (χ2v) is 11.5. The third-order valence-corrected chi connectivity index (χ3v) is 8.17. The van der Waals surface area contributed by atoms with Crippen molar-refractivity contribution in [2.75, 3.05) is 18.8 Å². The van der Waals surface area contributed by atoms with E-state index in [1.807, 2.05) is 30.3 Å². The van der Waals surface area contributed by atoms with Crippen molar-refractivity contribution < 1.29 is 27.2 Å². The zero-order valence-corrected chi connectivity index (χ0v) is 25.1. The van der Waals surface area contributed by atoms with Crippen LogP contribution >= 0.6 is 0 Å². The zero-order valence-electron chi connectivity index (χ0n) is 25.1. The van der Waals surface area contributed by atoms with Crippen LogP contribution in [0.25, 0.3) is 39.3 Å². The molecule has 0 saturated carbocycles. The second kappa shape index (κ2) is 12.6. The molecule has 6 rings (SSSR count). The van der Waals surface area contributed by atoms with Gasteiger partial charge in [0.15, 0.2) is 5.78 Å². The molecule has 0 unspecified atom stereocenters. The van der Waals surface area contributed by atoms with E-state index < -0.39 is 11.9 Å². The minimum Gasteiger partial charge on any atom is -0.460 e. The molecule has 1 fully saturated rings. The number of anilines is 1. The number of hydrogen-bond acceptors (Lipinski definition) is 6. The first-order chi connectivity index (χ1) is 22.0. The Morgan fingerprint density at radius 3 is 2.41 bits per heavy atom. The van der Waals surface area contributed by atoms with Gasteiger partial charge in [0.25, 0.3) is 11.8 Å². The number of carbonyl (C=O) groups excluding carboxylic acids is 2. The fourth-order valence-electron chi connectivity index (χ4n) is 5.56. The van der Waals surface area contributed by atoms with E-state index in [1.165, 1.54) is 23.2 Å². The zero-order chi connectivity index (χ0) is 32.4. The van der Waals surface area contributed by atoms with E-state index >= 15 is 0 Å². The standard InChI is InChI=1S/C36H31F3N4O3/c1-22-16-32(37)41-21-31(22)30-19-26(24-4-6-25(7-5-24)35(45)43-14-12-36(38,39)13-15-43)17-27-18-29(46-34(27)30)10-9-28(44)8-2-23-3-11-33(40)42-20-23/h2-8,11,16-21H,9-10,12-15H2,1H3,(H2,40,42)/b8-2+. The first-order valence-corrected chi connectivity index (χ1v) is 14.9. The number of nitrogens with zero attached hydrogens (tertiary/aromatic N) is 3. The molecule has 1 aliphatic heterocycles. The maximum absolute atomic E-state index is 13.9. The van der Waals surface area contributed by atoms with Crippen LogP contribution in [0.5, 0.6) is 0 Å². The molecule has 1 saturated heterocycles. The van der Waals surface area contributed by atoms with Gasteiger partial charge in [-0.25, -0.2) is 18.7 Å². The number of aromatic nitrogens is 2. The number of rotatable bonds is 8. The summed E-state index contributed by atoms with van der Waals surface area (Å²) in [5, 5.41) is 0.788. The van der Waals surface area contributed by atoms with Crippen molar-refractivity contribution in [1.82, 2.24) is 14.9 Å². The highest BCUT2D eigenvalue weighted by Gasteiger charge is 2.35. The molecule has 234 valence electrons. The number of aryl methyl sites for hydroxylation is 2. The summed E-state index contributed by atoms with van der Waals surface area (Å²) in [6.07, 6.45) is 6.16. The third-order valence-electron chi connectivity index (χ3n) is 8.17. The van der Waals surface area contributed by atoms with Crippen molar-refractivity contribution in [3.05, 3.63) is 108 Å². The van der Waals surface area contributed by atoms with Gasteiger partial charge in [0.2, 0.25) is 5.95 Å². The summed E-state index contributed by atoms with van der Waals surface area (Å²) < 4.78 is 47.4. The Kier molecular flexibility index (Phi) is 8.44. The summed E-state index contributed by atoms with van der Waals surface area (Å²) in [5.41, 5.74) is 11.1. The molecular weight excluding hydrogens is 593 g/mol. The number of ketones is 1. The van der Waals surface area contributed by atoms with Crippen molar-refractivity contribution in [2.45, 2.75) is 38.5 Å². The molecule has 46 heavy (non-hydrogen) atoms. The number of fused-ring (bicyclic) bond motifs is 1. The van der Waals surface area contributed by atoms with Crippen molar-refractivity contribution in [3.8, 4) is 22.3 Å². The Labute approximate surface area is 263 Å². The second-order valence-electron chi connectivity index (χ2n) is 11.5. The van der Waals surface area contributed by atoms with Crippen LogP contribution in [-0.2, 0) is 11.2 Å². The maximum atomic E-state index is 13.9. The molecule has 7 nitrogen and oxygen atoms in total. The normalized spacial score (nSPS) is 14.7. The number of alkyl halides is 2. The third kappa shape index (κ3) is 6.86. The number of nitrogen functional groups attached to an aromatic ring is 1. The van der Waals surface area contributed by atoms with Gasteiger partial charge in [-0.3, -0.25) is 9.59 Å². The average molecular weight is 625 g/mol. The number of pyridine rings is 2. The summed E-state index contributed by atoms with van der Waals surface area (Å²) in [7, 11) is 0. The van der Waals surface area contributed by atoms with Gasteiger partial charge >= 0.3 is 0 Å². The summed E-state index contributed by atoms with van der Waals surface area (Å²) in [5.74, 6) is -2.66. The van der Waals surface area contributed by atoms with Gasteiger partial charge in [-0.2, -0.15) is 4.39 Å². The minimum absolute atomic E-state index is 0.0173. The Morgan fingerprint density at radius 2 is 1.72 bits per heavy atom. The number of allylic oxidation sites excluding steroid dienone is 1. The average Bonchev–Trinajstić information content (AvgIpc) is 3.46. The molecule has 3 aromatic heterocycles. The number of furan rings is 1. The van der Waals surface area contributed by atoms with Gasteiger partial charge in [0.05, 0.1) is 0 Å². The highest BCUT2D eigenvalue weighted by Crippen LogP contribution is 2.38. The first-order valence-electron chi connectivity index (χ1n) is 14.9. The fourth-order valence-corrected chi connectivity index (χ4v) is 5.56. The molecule has 0 aliphatic carbocycles. The van der Waals surface area contributed by atoms with Crippen molar-refractivity contribution in [3.63, 3.8) is 0 Å². The molecule has 1 aliphatic rings. The molecule has 1 amide bonds. The Morgan fingerprint density at radius 1 is 0.957 bits per heavy atom. The number of nitrogens with two attached hydrogens (primary N) is 1. The number of halogens is 3. The molecule has 4 heterocycles. The van der Waals surface area contributed by atoms with Crippen molar-refractivity contribution in [2.24, 2.45) is 0 Å². The van der Waals surface area contributed by atoms with Gasteiger partial charge in [-0.05, 0) is 89.9 Å². The number of benzene rings is 2. The van der Waals surface area contributed by atoms with Gasteiger partial charge in [0, 0.05) is 73.2 Å². The van der Waals surface area contributed by atoms with Crippen LogP contribution in [0, 0.1) is 12.9 Å². The number of piperidine rings is 1. The van der Waals surface area contributed by atoms with Crippen molar-refractivity contribution >= 4 is 34.6 Å². The molecule has 2 aromatic carbocycles. The van der Waals surface area contributed by atoms with Gasteiger partial charge < -0.3 is 15.1 Å². The van der Waals surface area contributed by atoms with E-state index in [1.54, 1.807) is 43.5 Å². The Balaban J connectivity index is 1.27. The van der Waals surface area contributed by atoms with Crippen LogP contribution in [-0.4, -0.2) is 45.6 Å². The lowest BCUT2D eigenvalue weighted by Gasteiger charge is -2.31. The highest BCUT2D eigenvalue weighted by molar-refractivity contribution is 5.99. The van der Waals surface area contributed by atoms with Crippen LogP contribution in [0.15, 0.2) is 83.6 Å². The summed E-state index contributed by atoms with van der Waals surface area (Å²) in [4.78, 5) is 34.9. The molecule has 0 spiro atoms. The molecule has 0 atom stereocenters. The lowest BCUT2D eigenvalue weighted by Crippen LogP contribution is -2.42. The highest BCUT2D eigenvalue weighted by atomic mass is 19.3. The summed E-state index contributed by atoms with van der Waals surface area (Å²) >= 11 is 0. The SMILES string of the molecule is Cc1cc(F)ncc1-c1cc(-c2ccc(C(=O)N3CCC(F)(F)CC3)cc2)cc2cc(CCC(=O)/C=C/c3ccc(N)nc3)oc12. The summed E-state index contributed by atoms with van der Waals surface area (Å²) in [6, 6.07) is 17.6. The first kappa shape index (κ1) is 30.8. The van der Waals surface area contributed by atoms with E-state index in [2.05, 4.69) is 9.97 Å². The Bertz CT molecular complexity index is 1940. The quantitative estimate of drug-likeness (QED) is 0.140. The number of carbonyl (C=O) groups is 2. The molecule has 0 radical (unpaired) electrons. The largest absolute Gasteiger partial charge is 0.460 e. The van der Waals surface area contributed by atoms with Gasteiger partial charge in [-0.15, -0.1) is 0 Å². The number of hydrogen-bond donors (Lipinski definition) is 1. The number of likely N-dealkylation sites (tertiary alicyclic amines) is 1. The predicted molar refractivity (Wildman–Crippen MR) is 171 cm³/mol. The molecular formula is C36H31F3N4O3. The maximum Gasteiger partial charge on any atom is 0.253 e. The molecule has 2 N–H and O–H groups in total. The lowest BCUT2D eigenvalue weighted by molar-refractivity contribution is -0.114. The van der Waals surface area contributed by atoms with Crippen LogP contribution in [0.4, 0.5) is 19.0 Å². The Hall–Kier alpha value is -5.25. The van der Waals surface area contributed by atoms with Crippen LogP contribution in [0.2, 0.25) is 0 Å². The van der Waals surface area contributed by atoms with E-state index in [0.29, 0.717) is 45.8 Å². The van der Waals surface area contributed by atoms with E-state index in [0.717, 1.165) is 22.1 Å². The predicted octanol–water partition coefficient (Wildman–Crippen LogP) is 7.67. The molecule has 5 aromatic rings. The molecule has 0 bridgehead atoms. The van der Waals surface area contributed by atoms with Crippen LogP contribution in [0.3, 0.4) is 0 Å². The molecule has 10 heteroatoms. The number of amides is 1. The van der Waals surface area contributed by atoms with Gasteiger partial charge in [0.1, 0.15) is 17.2 Å². The minimum atomic E-state index is -2.73. The smallest absolute Gasteiger partial charge is 0.253 e. The monoisotopic (exact) mass is 624 g/mol. The van der Waals surface area contributed by atoms with E-state index in [-0.39, 0.29) is 44.0 Å². The van der Waals surface area contributed by atoms with Crippen LogP contribution in [0.1, 0.15) is 46.5 Å². The van der Waals surface area contributed by atoms with Crippen LogP contribution < -0.4 is 5.73 Å². The van der Waals surface area contributed by atoms with E-state index in [4.69, 9.17) is 10.2 Å². The van der Waals surface area contributed by atoms with Crippen molar-refractivity contribution in [1.29, 1.82) is 0 Å². The lowest BCUT2D eigenvalue weighted by atomic mass is 9.95. The topological polar surface area (TPSA) is 102 Å².